The number of carbonyl (C=O) groups excluding carboxylic acids is 1. The van der Waals surface area contributed by atoms with Crippen LogP contribution in [-0.4, -0.2) is 21.9 Å². The largest absolute Gasteiger partial charge is 0.458 e. The Morgan fingerprint density at radius 2 is 2.25 bits per heavy atom. The molecule has 0 amide bonds. The number of hydrogen-bond donors (Lipinski definition) is 0. The molecule has 0 saturated carbocycles. The highest BCUT2D eigenvalue weighted by Gasteiger charge is 2.20. The van der Waals surface area contributed by atoms with Gasteiger partial charge in [0.05, 0.1) is 5.69 Å². The molecule has 0 saturated heterocycles. The smallest absolute Gasteiger partial charge is 0.342 e. The molecule has 1 heterocycles. The minimum absolute atomic E-state index is 0.267. The Kier molecular flexibility index (Phi) is 3.73. The lowest BCUT2D eigenvalue weighted by Gasteiger charge is -2.10. The van der Waals surface area contributed by atoms with Gasteiger partial charge in [-0.15, -0.1) is 12.3 Å². The number of ether oxygens (including phenoxy) is 1. The minimum Gasteiger partial charge on any atom is -0.458 e. The third-order valence-corrected chi connectivity index (χ3v) is 2.43. The van der Waals surface area contributed by atoms with E-state index in [1.165, 1.54) is 0 Å². The summed E-state index contributed by atoms with van der Waals surface area (Å²) in [6.07, 6.45) is 5.30. The van der Waals surface area contributed by atoms with Crippen LogP contribution < -0.4 is 0 Å². The molecule has 86 valence electrons. The summed E-state index contributed by atoms with van der Waals surface area (Å²) in [5.41, 5.74) is 2.01. The lowest BCUT2D eigenvalue weighted by molar-refractivity contribution is 0.0350. The zero-order chi connectivity index (χ0) is 12.3. The zero-order valence-corrected chi connectivity index (χ0v) is 10.1. The molecule has 0 fully saturated rings. The molecule has 0 aliphatic rings. The molecule has 0 radical (unpaired) electrons. The van der Waals surface area contributed by atoms with Crippen molar-refractivity contribution >= 4 is 5.97 Å². The van der Waals surface area contributed by atoms with E-state index in [2.05, 4.69) is 11.0 Å². The molecule has 0 aliphatic carbocycles. The van der Waals surface area contributed by atoms with Crippen molar-refractivity contribution in [3.63, 3.8) is 0 Å². The van der Waals surface area contributed by atoms with Gasteiger partial charge in [-0.05, 0) is 20.8 Å². The van der Waals surface area contributed by atoms with Gasteiger partial charge in [0, 0.05) is 19.2 Å². The van der Waals surface area contributed by atoms with Crippen LogP contribution in [0.1, 0.15) is 35.1 Å². The van der Waals surface area contributed by atoms with Crippen LogP contribution in [0.2, 0.25) is 0 Å². The second kappa shape index (κ2) is 4.84. The van der Waals surface area contributed by atoms with Crippen LogP contribution in [0, 0.1) is 26.2 Å². The number of terminal acetylenes is 1. The topological polar surface area (TPSA) is 44.1 Å². The number of nitrogens with zero attached hydrogens (tertiary/aromatic N) is 2. The van der Waals surface area contributed by atoms with Crippen molar-refractivity contribution in [1.82, 2.24) is 9.78 Å². The van der Waals surface area contributed by atoms with Crippen LogP contribution in [0.25, 0.3) is 0 Å². The first-order chi connectivity index (χ1) is 7.47. The van der Waals surface area contributed by atoms with Crippen molar-refractivity contribution < 1.29 is 9.53 Å². The van der Waals surface area contributed by atoms with Crippen LogP contribution in [0.4, 0.5) is 0 Å². The van der Waals surface area contributed by atoms with Crippen LogP contribution in [0.15, 0.2) is 0 Å². The van der Waals surface area contributed by atoms with Gasteiger partial charge in [0.25, 0.3) is 0 Å². The summed E-state index contributed by atoms with van der Waals surface area (Å²) in [7, 11) is 1.80. The molecule has 1 atom stereocenters. The average Bonchev–Trinajstić information content (AvgIpc) is 2.41. The standard InChI is InChI=1S/C12H16N2O2/c1-6-7-8(2)16-12(15)11-9(3)13-14(5)10(11)4/h1,8H,7H2,2-5H3/t8-/m0/s1. The first-order valence-electron chi connectivity index (χ1n) is 5.12. The highest BCUT2D eigenvalue weighted by atomic mass is 16.5. The van der Waals surface area contributed by atoms with Gasteiger partial charge in [-0.2, -0.15) is 5.10 Å². The Bertz CT molecular complexity index is 441. The average molecular weight is 220 g/mol. The van der Waals surface area contributed by atoms with Crippen molar-refractivity contribution in [3.05, 3.63) is 17.0 Å². The normalized spacial score (nSPS) is 11.9. The molecule has 0 bridgehead atoms. The van der Waals surface area contributed by atoms with Gasteiger partial charge in [-0.1, -0.05) is 0 Å². The number of aromatic nitrogens is 2. The molecule has 4 nitrogen and oxygen atoms in total. The predicted molar refractivity (Wildman–Crippen MR) is 61.0 cm³/mol. The van der Waals surface area contributed by atoms with E-state index in [0.29, 0.717) is 17.7 Å². The van der Waals surface area contributed by atoms with Gasteiger partial charge in [-0.25, -0.2) is 4.79 Å². The molecular formula is C12H16N2O2. The quantitative estimate of drug-likeness (QED) is 0.574. The monoisotopic (exact) mass is 220 g/mol. The van der Waals surface area contributed by atoms with Gasteiger partial charge in [0.1, 0.15) is 11.7 Å². The lowest BCUT2D eigenvalue weighted by atomic mass is 10.2. The Balaban J connectivity index is 2.85. The van der Waals surface area contributed by atoms with Gasteiger partial charge >= 0.3 is 5.97 Å². The molecule has 1 aromatic rings. The third-order valence-electron chi connectivity index (χ3n) is 2.43. The number of hydrogen-bond acceptors (Lipinski definition) is 3. The van der Waals surface area contributed by atoms with Crippen LogP contribution in [-0.2, 0) is 11.8 Å². The van der Waals surface area contributed by atoms with Crippen molar-refractivity contribution in [2.75, 3.05) is 0 Å². The van der Waals surface area contributed by atoms with Crippen LogP contribution >= 0.6 is 0 Å². The van der Waals surface area contributed by atoms with E-state index in [1.807, 2.05) is 6.92 Å². The fourth-order valence-electron chi connectivity index (χ4n) is 1.52. The summed E-state index contributed by atoms with van der Waals surface area (Å²) >= 11 is 0. The number of esters is 1. The highest BCUT2D eigenvalue weighted by Crippen LogP contribution is 2.14. The Hall–Kier alpha value is -1.76. The van der Waals surface area contributed by atoms with E-state index in [1.54, 1.807) is 25.6 Å². The van der Waals surface area contributed by atoms with E-state index >= 15 is 0 Å². The van der Waals surface area contributed by atoms with E-state index in [-0.39, 0.29) is 12.1 Å². The number of aryl methyl sites for hydroxylation is 2. The van der Waals surface area contributed by atoms with Crippen LogP contribution in [0.5, 0.6) is 0 Å². The van der Waals surface area contributed by atoms with E-state index in [4.69, 9.17) is 11.2 Å². The molecule has 0 unspecified atom stereocenters. The Morgan fingerprint density at radius 1 is 1.62 bits per heavy atom. The molecular weight excluding hydrogens is 204 g/mol. The van der Waals surface area contributed by atoms with Gasteiger partial charge in [-0.3, -0.25) is 4.68 Å². The first-order valence-corrected chi connectivity index (χ1v) is 5.12. The Morgan fingerprint density at radius 3 is 2.69 bits per heavy atom. The van der Waals surface area contributed by atoms with E-state index in [0.717, 1.165) is 5.69 Å². The van der Waals surface area contributed by atoms with Gasteiger partial charge in [0.2, 0.25) is 0 Å². The van der Waals surface area contributed by atoms with E-state index in [9.17, 15) is 4.79 Å². The predicted octanol–water partition coefficient (Wildman–Crippen LogP) is 1.61. The van der Waals surface area contributed by atoms with E-state index < -0.39 is 0 Å². The molecule has 1 rings (SSSR count). The van der Waals surface area contributed by atoms with Crippen molar-refractivity contribution in [3.8, 4) is 12.3 Å². The fraction of sp³-hybridized carbons (Fsp3) is 0.500. The summed E-state index contributed by atoms with van der Waals surface area (Å²) in [6.45, 7) is 5.40. The highest BCUT2D eigenvalue weighted by molar-refractivity contribution is 5.91. The zero-order valence-electron chi connectivity index (χ0n) is 10.1. The van der Waals surface area contributed by atoms with Crippen molar-refractivity contribution in [1.29, 1.82) is 0 Å². The molecule has 0 aliphatic heterocycles. The fourth-order valence-corrected chi connectivity index (χ4v) is 1.52. The lowest BCUT2D eigenvalue weighted by Crippen LogP contribution is -2.15. The number of carbonyl (C=O) groups is 1. The molecule has 1 aromatic heterocycles. The molecule has 0 spiro atoms. The first kappa shape index (κ1) is 12.3. The molecule has 0 N–H and O–H groups in total. The van der Waals surface area contributed by atoms with Crippen molar-refractivity contribution in [2.24, 2.45) is 7.05 Å². The third kappa shape index (κ3) is 2.43. The minimum atomic E-state index is -0.356. The molecule has 4 heteroatoms. The maximum Gasteiger partial charge on any atom is 0.342 e. The number of rotatable bonds is 3. The van der Waals surface area contributed by atoms with Crippen molar-refractivity contribution in [2.45, 2.75) is 33.3 Å². The summed E-state index contributed by atoms with van der Waals surface area (Å²) in [6, 6.07) is 0. The SMILES string of the molecule is C#CC[C@H](C)OC(=O)c1c(C)nn(C)c1C. The molecule has 0 aromatic carbocycles. The van der Waals surface area contributed by atoms with Gasteiger partial charge in [0.15, 0.2) is 0 Å². The summed E-state index contributed by atoms with van der Waals surface area (Å²) < 4.78 is 6.88. The second-order valence-electron chi connectivity index (χ2n) is 3.79. The summed E-state index contributed by atoms with van der Waals surface area (Å²) in [5, 5.41) is 4.16. The molecule has 16 heavy (non-hydrogen) atoms. The van der Waals surface area contributed by atoms with Gasteiger partial charge < -0.3 is 4.74 Å². The van der Waals surface area contributed by atoms with Crippen LogP contribution in [0.3, 0.4) is 0 Å². The maximum atomic E-state index is 11.8. The second-order valence-corrected chi connectivity index (χ2v) is 3.79. The maximum absolute atomic E-state index is 11.8. The summed E-state index contributed by atoms with van der Waals surface area (Å²) in [4.78, 5) is 11.8. The Labute approximate surface area is 95.6 Å². The summed E-state index contributed by atoms with van der Waals surface area (Å²) in [5.74, 6) is 2.10.